The van der Waals surface area contributed by atoms with Crippen LogP contribution in [0.15, 0.2) is 22.8 Å². The lowest BCUT2D eigenvalue weighted by Gasteiger charge is -2.42. The number of aromatic nitrogens is 1. The van der Waals surface area contributed by atoms with Crippen LogP contribution in [0, 0.1) is 5.92 Å². The van der Waals surface area contributed by atoms with E-state index >= 15 is 0 Å². The van der Waals surface area contributed by atoms with Crippen molar-refractivity contribution < 1.29 is 4.79 Å². The highest BCUT2D eigenvalue weighted by molar-refractivity contribution is 9.10. The van der Waals surface area contributed by atoms with Crippen LogP contribution in [-0.2, 0) is 0 Å². The molecule has 2 atom stereocenters. The molecule has 104 valence electrons. The summed E-state index contributed by atoms with van der Waals surface area (Å²) in [5, 5.41) is 3.13. The lowest BCUT2D eigenvalue weighted by molar-refractivity contribution is 0.0807. The molecule has 0 bridgehead atoms. The minimum Gasteiger partial charge on any atom is -0.344 e. The van der Waals surface area contributed by atoms with Crippen LogP contribution in [0.25, 0.3) is 0 Å². The molecule has 1 aromatic heterocycles. The van der Waals surface area contributed by atoms with Crippen molar-refractivity contribution in [3.8, 4) is 0 Å². The van der Waals surface area contributed by atoms with Gasteiger partial charge in [0, 0.05) is 17.2 Å². The minimum atomic E-state index is -0.274. The van der Waals surface area contributed by atoms with E-state index < -0.39 is 0 Å². The SMILES string of the molecule is CC1CCCCC1(CN)NC(=O)c1ccc(Br)cn1. The van der Waals surface area contributed by atoms with Crippen molar-refractivity contribution in [2.75, 3.05) is 6.54 Å². The summed E-state index contributed by atoms with van der Waals surface area (Å²) in [6.45, 7) is 2.65. The first-order valence-corrected chi connectivity index (χ1v) is 7.51. The van der Waals surface area contributed by atoms with E-state index in [0.29, 0.717) is 18.2 Å². The fourth-order valence-corrected chi connectivity index (χ4v) is 2.99. The number of rotatable bonds is 3. The van der Waals surface area contributed by atoms with Crippen LogP contribution in [0.5, 0.6) is 0 Å². The van der Waals surface area contributed by atoms with E-state index in [9.17, 15) is 4.79 Å². The number of pyridine rings is 1. The first-order chi connectivity index (χ1) is 9.07. The number of hydrogen-bond donors (Lipinski definition) is 2. The number of amides is 1. The summed E-state index contributed by atoms with van der Waals surface area (Å²) >= 11 is 3.31. The molecule has 0 aromatic carbocycles. The van der Waals surface area contributed by atoms with Gasteiger partial charge in [0.1, 0.15) is 5.69 Å². The minimum absolute atomic E-state index is 0.133. The van der Waals surface area contributed by atoms with Crippen molar-refractivity contribution in [1.29, 1.82) is 0 Å². The number of nitrogens with one attached hydrogen (secondary N) is 1. The van der Waals surface area contributed by atoms with Crippen LogP contribution in [0.2, 0.25) is 0 Å². The third kappa shape index (κ3) is 3.15. The standard InChI is InChI=1S/C14H20BrN3O/c1-10-4-2-3-7-14(10,9-16)18-13(19)12-6-5-11(15)8-17-12/h5-6,8,10H,2-4,7,9,16H2,1H3,(H,18,19). The summed E-state index contributed by atoms with van der Waals surface area (Å²) in [5.74, 6) is 0.275. The molecule has 1 aliphatic rings. The van der Waals surface area contributed by atoms with Gasteiger partial charge in [-0.3, -0.25) is 4.79 Å². The second-order valence-corrected chi connectivity index (χ2v) is 6.24. The summed E-state index contributed by atoms with van der Waals surface area (Å²) in [5.41, 5.74) is 6.10. The zero-order valence-electron chi connectivity index (χ0n) is 11.2. The molecule has 19 heavy (non-hydrogen) atoms. The Morgan fingerprint density at radius 1 is 1.58 bits per heavy atom. The van der Waals surface area contributed by atoms with Gasteiger partial charge in [-0.25, -0.2) is 4.98 Å². The predicted octanol–water partition coefficient (Wildman–Crippen LogP) is 2.48. The van der Waals surface area contributed by atoms with Crippen LogP contribution in [0.1, 0.15) is 43.1 Å². The summed E-state index contributed by atoms with van der Waals surface area (Å²) in [4.78, 5) is 16.4. The highest BCUT2D eigenvalue weighted by Gasteiger charge is 2.38. The van der Waals surface area contributed by atoms with E-state index in [1.54, 1.807) is 12.3 Å². The zero-order valence-corrected chi connectivity index (χ0v) is 12.7. The molecule has 2 unspecified atom stereocenters. The molecule has 0 spiro atoms. The third-order valence-corrected chi connectivity index (χ3v) is 4.61. The molecular formula is C14H20BrN3O. The van der Waals surface area contributed by atoms with E-state index in [2.05, 4.69) is 33.2 Å². The zero-order chi connectivity index (χ0) is 13.9. The second kappa shape index (κ2) is 6.01. The predicted molar refractivity (Wildman–Crippen MR) is 78.8 cm³/mol. The lowest BCUT2D eigenvalue weighted by atomic mass is 9.73. The molecule has 1 heterocycles. The number of halogens is 1. The van der Waals surface area contributed by atoms with Crippen LogP contribution >= 0.6 is 15.9 Å². The molecule has 0 radical (unpaired) electrons. The first kappa shape index (κ1) is 14.5. The Morgan fingerprint density at radius 2 is 2.37 bits per heavy atom. The Balaban J connectivity index is 2.13. The summed E-state index contributed by atoms with van der Waals surface area (Å²) in [7, 11) is 0. The van der Waals surface area contributed by atoms with Crippen molar-refractivity contribution in [3.63, 3.8) is 0 Å². The van der Waals surface area contributed by atoms with Crippen molar-refractivity contribution in [3.05, 3.63) is 28.5 Å². The number of carbonyl (C=O) groups is 1. The van der Waals surface area contributed by atoms with Gasteiger partial charge in [0.2, 0.25) is 0 Å². The smallest absolute Gasteiger partial charge is 0.270 e. The van der Waals surface area contributed by atoms with E-state index in [-0.39, 0.29) is 11.4 Å². The molecule has 1 saturated carbocycles. The average molecular weight is 326 g/mol. The average Bonchev–Trinajstić information content (AvgIpc) is 2.42. The maximum Gasteiger partial charge on any atom is 0.270 e. The molecule has 4 nitrogen and oxygen atoms in total. The Kier molecular flexibility index (Phi) is 4.58. The van der Waals surface area contributed by atoms with Crippen molar-refractivity contribution in [1.82, 2.24) is 10.3 Å². The van der Waals surface area contributed by atoms with Gasteiger partial charge in [-0.2, -0.15) is 0 Å². The summed E-state index contributed by atoms with van der Waals surface area (Å²) in [6.07, 6.45) is 6.04. The molecule has 2 rings (SSSR count). The Bertz CT molecular complexity index is 449. The molecule has 1 fully saturated rings. The quantitative estimate of drug-likeness (QED) is 0.897. The lowest BCUT2D eigenvalue weighted by Crippen LogP contribution is -2.59. The molecule has 3 N–H and O–H groups in total. The van der Waals surface area contributed by atoms with E-state index in [4.69, 9.17) is 5.73 Å². The fourth-order valence-electron chi connectivity index (χ4n) is 2.75. The largest absolute Gasteiger partial charge is 0.344 e. The van der Waals surface area contributed by atoms with Crippen molar-refractivity contribution >= 4 is 21.8 Å². The van der Waals surface area contributed by atoms with Crippen molar-refractivity contribution in [2.24, 2.45) is 11.7 Å². The van der Waals surface area contributed by atoms with Gasteiger partial charge in [0.05, 0.1) is 5.54 Å². The van der Waals surface area contributed by atoms with Gasteiger partial charge in [-0.1, -0.05) is 19.8 Å². The van der Waals surface area contributed by atoms with Gasteiger partial charge < -0.3 is 11.1 Å². The molecule has 1 amide bonds. The van der Waals surface area contributed by atoms with Gasteiger partial charge in [-0.05, 0) is 46.8 Å². The molecule has 5 heteroatoms. The highest BCUT2D eigenvalue weighted by atomic mass is 79.9. The van der Waals surface area contributed by atoms with Crippen LogP contribution in [-0.4, -0.2) is 23.0 Å². The monoisotopic (exact) mass is 325 g/mol. The number of hydrogen-bond acceptors (Lipinski definition) is 3. The summed E-state index contributed by atoms with van der Waals surface area (Å²) < 4.78 is 0.864. The second-order valence-electron chi connectivity index (χ2n) is 5.32. The maximum atomic E-state index is 12.3. The van der Waals surface area contributed by atoms with Crippen LogP contribution < -0.4 is 11.1 Å². The molecule has 1 aliphatic carbocycles. The number of nitrogens with two attached hydrogens (primary N) is 1. The first-order valence-electron chi connectivity index (χ1n) is 6.71. The molecular weight excluding hydrogens is 306 g/mol. The fraction of sp³-hybridized carbons (Fsp3) is 0.571. The highest BCUT2D eigenvalue weighted by Crippen LogP contribution is 2.33. The molecule has 0 aliphatic heterocycles. The van der Waals surface area contributed by atoms with Gasteiger partial charge in [0.25, 0.3) is 5.91 Å². The number of carbonyl (C=O) groups excluding carboxylic acids is 1. The Labute approximate surface area is 122 Å². The van der Waals surface area contributed by atoms with E-state index in [1.165, 1.54) is 6.42 Å². The normalized spacial score (nSPS) is 27.0. The van der Waals surface area contributed by atoms with Crippen molar-refractivity contribution in [2.45, 2.75) is 38.1 Å². The molecule has 1 aromatic rings. The third-order valence-electron chi connectivity index (χ3n) is 4.14. The van der Waals surface area contributed by atoms with Gasteiger partial charge in [-0.15, -0.1) is 0 Å². The summed E-state index contributed by atoms with van der Waals surface area (Å²) in [6, 6.07) is 3.54. The van der Waals surface area contributed by atoms with E-state index in [1.807, 2.05) is 6.07 Å². The van der Waals surface area contributed by atoms with Crippen LogP contribution in [0.3, 0.4) is 0 Å². The van der Waals surface area contributed by atoms with E-state index in [0.717, 1.165) is 23.7 Å². The molecule has 0 saturated heterocycles. The Morgan fingerprint density at radius 3 is 2.95 bits per heavy atom. The van der Waals surface area contributed by atoms with Gasteiger partial charge >= 0.3 is 0 Å². The topological polar surface area (TPSA) is 68.0 Å². The van der Waals surface area contributed by atoms with Gasteiger partial charge in [0.15, 0.2) is 0 Å². The van der Waals surface area contributed by atoms with Crippen LogP contribution in [0.4, 0.5) is 0 Å². The Hall–Kier alpha value is -0.940. The maximum absolute atomic E-state index is 12.3. The number of nitrogens with zero attached hydrogens (tertiary/aromatic N) is 1.